The largest absolute Gasteiger partial charge is 0.416 e. The summed E-state index contributed by atoms with van der Waals surface area (Å²) >= 11 is 1.71. The first kappa shape index (κ1) is 24.0. The molecule has 0 bridgehead atoms. The Labute approximate surface area is 207 Å². The molecule has 10 heteroatoms. The van der Waals surface area contributed by atoms with Gasteiger partial charge in [0, 0.05) is 61.6 Å². The van der Waals surface area contributed by atoms with E-state index in [9.17, 15) is 13.2 Å². The molecule has 0 aliphatic carbocycles. The van der Waals surface area contributed by atoms with E-state index < -0.39 is 11.7 Å². The number of alkyl halides is 3. The smallest absolute Gasteiger partial charge is 0.367 e. The van der Waals surface area contributed by atoms with Crippen molar-refractivity contribution in [2.75, 3.05) is 36.8 Å². The molecule has 5 rings (SSSR count). The van der Waals surface area contributed by atoms with Crippen molar-refractivity contribution < 1.29 is 13.2 Å². The van der Waals surface area contributed by atoms with E-state index >= 15 is 0 Å². The number of dihydropyridines is 1. The minimum atomic E-state index is -4.29. The Morgan fingerprint density at radius 1 is 1.17 bits per heavy atom. The molecular formula is C25H29F3N6S. The summed E-state index contributed by atoms with van der Waals surface area (Å²) in [7, 11) is 1.98. The van der Waals surface area contributed by atoms with Crippen LogP contribution in [0.1, 0.15) is 24.2 Å². The van der Waals surface area contributed by atoms with Crippen molar-refractivity contribution in [3.8, 4) is 0 Å². The summed E-state index contributed by atoms with van der Waals surface area (Å²) in [6.07, 6.45) is 3.60. The Hall–Kier alpha value is -2.72. The second kappa shape index (κ2) is 9.73. The summed E-state index contributed by atoms with van der Waals surface area (Å²) in [5.41, 5.74) is 2.11. The number of nitrogens with zero attached hydrogens (tertiary/aromatic N) is 5. The molecule has 2 aromatic rings. The first-order chi connectivity index (χ1) is 16.8. The lowest BCUT2D eigenvalue weighted by atomic mass is 10.0. The van der Waals surface area contributed by atoms with Crippen LogP contribution in [0.5, 0.6) is 0 Å². The third-order valence-electron chi connectivity index (χ3n) is 6.95. The molecule has 0 amide bonds. The van der Waals surface area contributed by atoms with Crippen LogP contribution in [-0.4, -0.2) is 57.6 Å². The number of halogens is 3. The van der Waals surface area contributed by atoms with E-state index in [4.69, 9.17) is 0 Å². The first-order valence-corrected chi connectivity index (χ1v) is 12.8. The number of allylic oxidation sites excluding steroid dienone is 3. The fraction of sp³-hybridized carbons (Fsp3) is 0.440. The van der Waals surface area contributed by atoms with Gasteiger partial charge in [0.15, 0.2) is 11.0 Å². The summed E-state index contributed by atoms with van der Waals surface area (Å²) in [6, 6.07) is 6.00. The Morgan fingerprint density at radius 2 is 1.97 bits per heavy atom. The van der Waals surface area contributed by atoms with Crippen LogP contribution < -0.4 is 10.2 Å². The molecule has 0 spiro atoms. The van der Waals surface area contributed by atoms with Gasteiger partial charge >= 0.3 is 6.18 Å². The maximum absolute atomic E-state index is 12.9. The highest BCUT2D eigenvalue weighted by molar-refractivity contribution is 7.99. The van der Waals surface area contributed by atoms with Gasteiger partial charge in [-0.25, -0.2) is 0 Å². The summed E-state index contributed by atoms with van der Waals surface area (Å²) in [6.45, 7) is 7.86. The third kappa shape index (κ3) is 5.13. The second-order valence-corrected chi connectivity index (χ2v) is 10.3. The molecule has 1 N–H and O–H groups in total. The lowest BCUT2D eigenvalue weighted by Crippen LogP contribution is -2.35. The quantitative estimate of drug-likeness (QED) is 0.443. The van der Waals surface area contributed by atoms with Crippen LogP contribution >= 0.6 is 11.8 Å². The SMILES string of the molecule is C=C1C=C(c2nnc(SCCCN3CC4CCN(c5ccc(C(F)(F)F)cc5)C4C3)n2C)C=CN1. The maximum atomic E-state index is 12.9. The summed E-state index contributed by atoms with van der Waals surface area (Å²) in [5, 5.41) is 12.6. The van der Waals surface area contributed by atoms with Crippen LogP contribution in [0.25, 0.3) is 5.57 Å². The highest BCUT2D eigenvalue weighted by Gasteiger charge is 2.41. The van der Waals surface area contributed by atoms with Gasteiger partial charge in [-0.1, -0.05) is 18.3 Å². The highest BCUT2D eigenvalue weighted by Crippen LogP contribution is 2.37. The summed E-state index contributed by atoms with van der Waals surface area (Å²) in [4.78, 5) is 4.78. The Bertz CT molecular complexity index is 1140. The van der Waals surface area contributed by atoms with Crippen molar-refractivity contribution in [3.63, 3.8) is 0 Å². The second-order valence-electron chi connectivity index (χ2n) is 9.28. The van der Waals surface area contributed by atoms with Gasteiger partial charge in [-0.3, -0.25) is 0 Å². The van der Waals surface area contributed by atoms with E-state index in [1.165, 1.54) is 12.1 Å². The number of nitrogens with one attached hydrogen (secondary N) is 1. The number of hydrogen-bond acceptors (Lipinski definition) is 6. The standard InChI is InChI=1S/C25H29F3N6S/c1-17-14-18(8-10-29-17)23-30-31-24(32(23)2)35-13-3-11-33-15-19-9-12-34(22(19)16-33)21-6-4-20(5-7-21)25(26,27)28/h4-8,10,14,19,22,29H,1,3,9,11-13,15-16H2,2H3. The van der Waals surface area contributed by atoms with E-state index in [-0.39, 0.29) is 0 Å². The van der Waals surface area contributed by atoms with Crippen molar-refractivity contribution in [1.82, 2.24) is 25.0 Å². The molecule has 2 saturated heterocycles. The zero-order valence-corrected chi connectivity index (χ0v) is 20.4. The zero-order valence-electron chi connectivity index (χ0n) is 19.6. The average molecular weight is 503 g/mol. The topological polar surface area (TPSA) is 49.2 Å². The lowest BCUT2D eigenvalue weighted by Gasteiger charge is -2.27. The monoisotopic (exact) mass is 502 g/mol. The molecule has 2 fully saturated rings. The Balaban J connectivity index is 1.11. The number of fused-ring (bicyclic) bond motifs is 1. The molecule has 35 heavy (non-hydrogen) atoms. The fourth-order valence-electron chi connectivity index (χ4n) is 5.19. The molecule has 6 nitrogen and oxygen atoms in total. The van der Waals surface area contributed by atoms with Crippen LogP contribution in [-0.2, 0) is 13.2 Å². The van der Waals surface area contributed by atoms with Crippen molar-refractivity contribution in [3.05, 3.63) is 66.3 Å². The molecule has 2 atom stereocenters. The number of rotatable bonds is 7. The van der Waals surface area contributed by atoms with Gasteiger partial charge in [-0.2, -0.15) is 13.2 Å². The number of benzene rings is 1. The molecular weight excluding hydrogens is 473 g/mol. The normalized spacial score (nSPS) is 22.5. The van der Waals surface area contributed by atoms with Crippen molar-refractivity contribution in [1.29, 1.82) is 0 Å². The zero-order chi connectivity index (χ0) is 24.6. The predicted octanol–water partition coefficient (Wildman–Crippen LogP) is 4.54. The summed E-state index contributed by atoms with van der Waals surface area (Å²) in [5.74, 6) is 2.35. The van der Waals surface area contributed by atoms with E-state index in [0.29, 0.717) is 12.0 Å². The van der Waals surface area contributed by atoms with E-state index in [1.807, 2.05) is 30.0 Å². The van der Waals surface area contributed by atoms with Gasteiger partial charge < -0.3 is 19.7 Å². The molecule has 4 heterocycles. The van der Waals surface area contributed by atoms with Crippen LogP contribution in [0.2, 0.25) is 0 Å². The molecule has 1 aromatic carbocycles. The van der Waals surface area contributed by atoms with Gasteiger partial charge in [-0.15, -0.1) is 10.2 Å². The number of aromatic nitrogens is 3. The minimum absolute atomic E-state index is 0.377. The predicted molar refractivity (Wildman–Crippen MR) is 133 cm³/mol. The lowest BCUT2D eigenvalue weighted by molar-refractivity contribution is -0.137. The molecule has 0 radical (unpaired) electrons. The Morgan fingerprint density at radius 3 is 2.71 bits per heavy atom. The van der Waals surface area contributed by atoms with Gasteiger partial charge in [0.1, 0.15) is 0 Å². The average Bonchev–Trinajstić information content (AvgIpc) is 3.51. The molecule has 3 aliphatic rings. The molecule has 1 aromatic heterocycles. The summed E-state index contributed by atoms with van der Waals surface area (Å²) < 4.78 is 40.7. The van der Waals surface area contributed by atoms with Gasteiger partial charge in [-0.05, 0) is 61.7 Å². The van der Waals surface area contributed by atoms with Crippen LogP contribution in [0, 0.1) is 5.92 Å². The number of anilines is 1. The number of thioether (sulfide) groups is 1. The maximum Gasteiger partial charge on any atom is 0.416 e. The van der Waals surface area contributed by atoms with E-state index in [2.05, 4.69) is 31.9 Å². The Kier molecular flexibility index (Phi) is 6.67. The molecule has 0 saturated carbocycles. The highest BCUT2D eigenvalue weighted by atomic mass is 32.2. The van der Waals surface area contributed by atoms with Crippen molar-refractivity contribution in [2.45, 2.75) is 30.2 Å². The van der Waals surface area contributed by atoms with Gasteiger partial charge in [0.2, 0.25) is 0 Å². The molecule has 2 unspecified atom stereocenters. The minimum Gasteiger partial charge on any atom is -0.367 e. The fourth-order valence-corrected chi connectivity index (χ4v) is 6.03. The molecule has 186 valence electrons. The first-order valence-electron chi connectivity index (χ1n) is 11.8. The van der Waals surface area contributed by atoms with Crippen molar-refractivity contribution in [2.24, 2.45) is 13.0 Å². The van der Waals surface area contributed by atoms with E-state index in [1.54, 1.807) is 23.9 Å². The molecule has 3 aliphatic heterocycles. The van der Waals surface area contributed by atoms with Gasteiger partial charge in [0.05, 0.1) is 5.56 Å². The third-order valence-corrected chi connectivity index (χ3v) is 8.06. The van der Waals surface area contributed by atoms with Gasteiger partial charge in [0.25, 0.3) is 0 Å². The number of hydrogen-bond donors (Lipinski definition) is 1. The van der Waals surface area contributed by atoms with Crippen LogP contribution in [0.15, 0.2) is 60.0 Å². The van der Waals surface area contributed by atoms with E-state index in [0.717, 1.165) is 72.7 Å². The van der Waals surface area contributed by atoms with Crippen LogP contribution in [0.4, 0.5) is 18.9 Å². The van der Waals surface area contributed by atoms with Crippen LogP contribution in [0.3, 0.4) is 0 Å². The number of likely N-dealkylation sites (tertiary alicyclic amines) is 1. The van der Waals surface area contributed by atoms with Crippen molar-refractivity contribution >= 4 is 23.0 Å².